The quantitative estimate of drug-likeness (QED) is 0.844. The van der Waals surface area contributed by atoms with Crippen LogP contribution in [0, 0.1) is 23.6 Å². The molecule has 2 bridgehead atoms. The third-order valence-electron chi connectivity index (χ3n) is 6.66. The summed E-state index contributed by atoms with van der Waals surface area (Å²) in [5.41, 5.74) is 7.18. The number of hydrogen-bond donors (Lipinski definition) is 2. The number of rotatable bonds is 4. The Morgan fingerprint density at radius 2 is 1.93 bits per heavy atom. The van der Waals surface area contributed by atoms with Crippen molar-refractivity contribution in [2.24, 2.45) is 23.5 Å². The molecule has 2 unspecified atom stereocenters. The third kappa shape index (κ3) is 3.19. The van der Waals surface area contributed by atoms with Crippen LogP contribution in [0.1, 0.15) is 56.7 Å². The number of hydrogen-bond acceptors (Lipinski definition) is 5. The van der Waals surface area contributed by atoms with Gasteiger partial charge in [-0.15, -0.1) is 5.10 Å². The molecular formula is C20H25FN6O. The molecule has 1 amide bonds. The van der Waals surface area contributed by atoms with E-state index in [-0.39, 0.29) is 23.6 Å². The monoisotopic (exact) mass is 384 g/mol. The van der Waals surface area contributed by atoms with Gasteiger partial charge < -0.3 is 11.1 Å². The Hall–Kier alpha value is -2.35. The van der Waals surface area contributed by atoms with Crippen molar-refractivity contribution in [2.75, 3.05) is 5.32 Å². The number of halogens is 1. The summed E-state index contributed by atoms with van der Waals surface area (Å²) in [6, 6.07) is 4.79. The van der Waals surface area contributed by atoms with E-state index in [1.54, 1.807) is 12.1 Å². The molecule has 0 aliphatic heterocycles. The molecule has 7 nitrogen and oxygen atoms in total. The molecule has 28 heavy (non-hydrogen) atoms. The standard InChI is InChI=1S/C20H25FN6O/c21-16-7-6-15(10-17(16)27-19(11-4-5-11)24-25-26-27)23-20(28)14-8-12-2-1-3-13(9-14)18(12)22/h6-7,10-14,18H,1-5,8-9,22H2,(H,23,28). The van der Waals surface area contributed by atoms with Crippen molar-refractivity contribution >= 4 is 11.6 Å². The number of anilines is 1. The van der Waals surface area contributed by atoms with Gasteiger partial charge in [0.2, 0.25) is 5.91 Å². The Morgan fingerprint density at radius 1 is 1.18 bits per heavy atom. The van der Waals surface area contributed by atoms with Gasteiger partial charge in [0.1, 0.15) is 11.5 Å². The van der Waals surface area contributed by atoms with Crippen molar-refractivity contribution in [3.8, 4) is 5.69 Å². The van der Waals surface area contributed by atoms with Gasteiger partial charge in [-0.2, -0.15) is 4.68 Å². The van der Waals surface area contributed by atoms with E-state index >= 15 is 0 Å². The number of nitrogens with one attached hydrogen (secondary N) is 1. The van der Waals surface area contributed by atoms with Crippen LogP contribution in [-0.4, -0.2) is 32.2 Å². The van der Waals surface area contributed by atoms with Crippen LogP contribution < -0.4 is 11.1 Å². The highest BCUT2D eigenvalue weighted by Crippen LogP contribution is 2.42. The van der Waals surface area contributed by atoms with E-state index in [0.29, 0.717) is 29.3 Å². The van der Waals surface area contributed by atoms with E-state index in [1.165, 1.54) is 17.2 Å². The zero-order valence-corrected chi connectivity index (χ0v) is 15.7. The summed E-state index contributed by atoms with van der Waals surface area (Å²) in [7, 11) is 0. The summed E-state index contributed by atoms with van der Waals surface area (Å²) in [4.78, 5) is 12.9. The summed E-state index contributed by atoms with van der Waals surface area (Å²) in [6.45, 7) is 0. The van der Waals surface area contributed by atoms with E-state index in [4.69, 9.17) is 5.73 Å². The topological polar surface area (TPSA) is 98.7 Å². The smallest absolute Gasteiger partial charge is 0.227 e. The Bertz CT molecular complexity index is 881. The van der Waals surface area contributed by atoms with Crippen LogP contribution >= 0.6 is 0 Å². The first-order valence-corrected chi connectivity index (χ1v) is 10.2. The molecule has 2 aromatic rings. The van der Waals surface area contributed by atoms with E-state index < -0.39 is 5.82 Å². The molecule has 3 N–H and O–H groups in total. The van der Waals surface area contributed by atoms with Gasteiger partial charge >= 0.3 is 0 Å². The van der Waals surface area contributed by atoms with Gasteiger partial charge in [0.15, 0.2) is 5.82 Å². The third-order valence-corrected chi connectivity index (χ3v) is 6.66. The first-order valence-electron chi connectivity index (χ1n) is 10.2. The molecule has 1 aromatic heterocycles. The van der Waals surface area contributed by atoms with Gasteiger partial charge in [-0.1, -0.05) is 6.42 Å². The largest absolute Gasteiger partial charge is 0.327 e. The van der Waals surface area contributed by atoms with E-state index in [9.17, 15) is 9.18 Å². The molecule has 0 spiro atoms. The number of carbonyl (C=O) groups is 1. The van der Waals surface area contributed by atoms with Gasteiger partial charge in [0.25, 0.3) is 0 Å². The number of carbonyl (C=O) groups excluding carboxylic acids is 1. The van der Waals surface area contributed by atoms with E-state index in [1.807, 2.05) is 0 Å². The lowest BCUT2D eigenvalue weighted by Gasteiger charge is -2.43. The second-order valence-corrected chi connectivity index (χ2v) is 8.58. The molecular weight excluding hydrogens is 359 g/mol. The fraction of sp³-hybridized carbons (Fsp3) is 0.600. The number of nitrogens with two attached hydrogens (primary N) is 1. The van der Waals surface area contributed by atoms with Crippen LogP contribution in [-0.2, 0) is 4.79 Å². The minimum Gasteiger partial charge on any atom is -0.327 e. The minimum absolute atomic E-state index is 0.000454. The summed E-state index contributed by atoms with van der Waals surface area (Å²) < 4.78 is 15.9. The normalized spacial score (nSPS) is 29.5. The molecule has 3 saturated carbocycles. The SMILES string of the molecule is NC1C2CCCC1CC(C(=O)Nc1ccc(F)c(-n3nnnc3C3CC3)c1)C2. The molecule has 1 aromatic carbocycles. The highest BCUT2D eigenvalue weighted by Gasteiger charge is 2.40. The first-order chi connectivity index (χ1) is 13.6. The van der Waals surface area contributed by atoms with E-state index in [2.05, 4.69) is 20.8 Å². The Morgan fingerprint density at radius 3 is 2.64 bits per heavy atom. The second-order valence-electron chi connectivity index (χ2n) is 8.58. The van der Waals surface area contributed by atoms with Crippen molar-refractivity contribution in [1.29, 1.82) is 0 Å². The van der Waals surface area contributed by atoms with Crippen molar-refractivity contribution in [3.05, 3.63) is 29.8 Å². The number of aromatic nitrogens is 4. The lowest BCUT2D eigenvalue weighted by molar-refractivity contribution is -0.122. The van der Waals surface area contributed by atoms with Crippen molar-refractivity contribution in [3.63, 3.8) is 0 Å². The maximum Gasteiger partial charge on any atom is 0.227 e. The summed E-state index contributed by atoms with van der Waals surface area (Å²) in [6.07, 6.45) is 7.17. The average molecular weight is 384 g/mol. The van der Waals surface area contributed by atoms with Gasteiger partial charge in [-0.25, -0.2) is 4.39 Å². The molecule has 5 rings (SSSR count). The molecule has 3 fully saturated rings. The Balaban J connectivity index is 1.34. The van der Waals surface area contributed by atoms with Crippen LogP contribution in [0.15, 0.2) is 18.2 Å². The molecule has 3 aliphatic carbocycles. The number of tetrazole rings is 1. The average Bonchev–Trinajstić information content (AvgIpc) is 3.40. The van der Waals surface area contributed by atoms with Gasteiger partial charge in [-0.05, 0) is 79.0 Å². The lowest BCUT2D eigenvalue weighted by Crippen LogP contribution is -2.48. The predicted octanol–water partition coefficient (Wildman–Crippen LogP) is 2.77. The summed E-state index contributed by atoms with van der Waals surface area (Å²) in [5, 5.41) is 14.7. The molecule has 148 valence electrons. The van der Waals surface area contributed by atoms with Gasteiger partial charge in [-0.3, -0.25) is 4.79 Å². The number of benzene rings is 1. The van der Waals surface area contributed by atoms with Crippen LogP contribution in [0.2, 0.25) is 0 Å². The summed E-state index contributed by atoms with van der Waals surface area (Å²) in [5.74, 6) is 1.41. The summed E-state index contributed by atoms with van der Waals surface area (Å²) >= 11 is 0. The van der Waals surface area contributed by atoms with Crippen molar-refractivity contribution in [1.82, 2.24) is 20.2 Å². The fourth-order valence-electron chi connectivity index (χ4n) is 4.96. The minimum atomic E-state index is -0.412. The van der Waals surface area contributed by atoms with Gasteiger partial charge in [0.05, 0.1) is 0 Å². The molecule has 0 saturated heterocycles. The molecule has 8 heteroatoms. The highest BCUT2D eigenvalue weighted by molar-refractivity contribution is 5.93. The Labute approximate surface area is 162 Å². The number of nitrogens with zero attached hydrogens (tertiary/aromatic N) is 4. The highest BCUT2D eigenvalue weighted by atomic mass is 19.1. The molecule has 0 radical (unpaired) electrons. The maximum atomic E-state index is 14.4. The lowest BCUT2D eigenvalue weighted by atomic mass is 9.65. The first kappa shape index (κ1) is 17.7. The predicted molar refractivity (Wildman–Crippen MR) is 101 cm³/mol. The van der Waals surface area contributed by atoms with Crippen LogP contribution in [0.4, 0.5) is 10.1 Å². The van der Waals surface area contributed by atoms with Crippen LogP contribution in [0.3, 0.4) is 0 Å². The fourth-order valence-corrected chi connectivity index (χ4v) is 4.96. The van der Waals surface area contributed by atoms with E-state index in [0.717, 1.165) is 38.5 Å². The zero-order chi connectivity index (χ0) is 19.3. The van der Waals surface area contributed by atoms with Crippen molar-refractivity contribution in [2.45, 2.75) is 56.9 Å². The van der Waals surface area contributed by atoms with Crippen molar-refractivity contribution < 1.29 is 9.18 Å². The van der Waals surface area contributed by atoms with Crippen LogP contribution in [0.25, 0.3) is 5.69 Å². The van der Waals surface area contributed by atoms with Gasteiger partial charge in [0, 0.05) is 23.6 Å². The second kappa shape index (κ2) is 6.92. The molecule has 1 heterocycles. The molecule has 2 atom stereocenters. The Kier molecular flexibility index (Phi) is 4.38. The molecule has 3 aliphatic rings. The van der Waals surface area contributed by atoms with Crippen LogP contribution in [0.5, 0.6) is 0 Å². The number of amides is 1. The zero-order valence-electron chi connectivity index (χ0n) is 15.7. The number of fused-ring (bicyclic) bond motifs is 2. The maximum absolute atomic E-state index is 14.4.